The molecule has 0 saturated carbocycles. The summed E-state index contributed by atoms with van der Waals surface area (Å²) in [6.07, 6.45) is 0.249. The second-order valence-corrected chi connectivity index (χ2v) is 7.09. The van der Waals surface area contributed by atoms with Gasteiger partial charge in [0.2, 0.25) is 11.8 Å². The van der Waals surface area contributed by atoms with Crippen molar-refractivity contribution in [2.24, 2.45) is 0 Å². The minimum absolute atomic E-state index is 0.0562. The van der Waals surface area contributed by atoms with Crippen molar-refractivity contribution in [2.75, 3.05) is 16.8 Å². The molecule has 0 bridgehead atoms. The maximum Gasteiger partial charge on any atom is 0.226 e. The standard InChI is InChI=1S/C22H28N2O2/c1-14-9-15(2)13-20(12-14)23-21(26)7-8-24(19(6)25)22-17(4)10-16(3)11-18(22)5/h9-13H,7-8H2,1-6H3,(H,23,26). The normalized spacial score (nSPS) is 10.5. The van der Waals surface area contributed by atoms with E-state index in [4.69, 9.17) is 0 Å². The van der Waals surface area contributed by atoms with Crippen LogP contribution in [0.25, 0.3) is 0 Å². The SMILES string of the molecule is CC(=O)N(CCC(=O)Nc1cc(C)cc(C)c1)c1c(C)cc(C)cc1C. The lowest BCUT2D eigenvalue weighted by Gasteiger charge is -2.25. The van der Waals surface area contributed by atoms with Crippen molar-refractivity contribution in [1.82, 2.24) is 0 Å². The topological polar surface area (TPSA) is 49.4 Å². The largest absolute Gasteiger partial charge is 0.326 e. The van der Waals surface area contributed by atoms with Crippen molar-refractivity contribution in [3.8, 4) is 0 Å². The molecule has 1 N–H and O–H groups in total. The molecule has 26 heavy (non-hydrogen) atoms. The zero-order valence-corrected chi connectivity index (χ0v) is 16.6. The van der Waals surface area contributed by atoms with Crippen molar-refractivity contribution >= 4 is 23.2 Å². The van der Waals surface area contributed by atoms with Crippen LogP contribution >= 0.6 is 0 Å². The quantitative estimate of drug-likeness (QED) is 0.854. The molecule has 4 nitrogen and oxygen atoms in total. The summed E-state index contributed by atoms with van der Waals surface area (Å²) < 4.78 is 0. The zero-order chi connectivity index (χ0) is 19.4. The summed E-state index contributed by atoms with van der Waals surface area (Å²) in [6, 6.07) is 10.1. The molecule has 0 aliphatic carbocycles. The van der Waals surface area contributed by atoms with E-state index in [1.807, 2.05) is 46.8 Å². The molecule has 0 radical (unpaired) electrons. The zero-order valence-electron chi connectivity index (χ0n) is 16.6. The maximum absolute atomic E-state index is 12.4. The molecule has 0 spiro atoms. The van der Waals surface area contributed by atoms with Gasteiger partial charge in [0.15, 0.2) is 0 Å². The molecule has 0 aromatic heterocycles. The first-order chi connectivity index (χ1) is 12.2. The Morgan fingerprint density at radius 1 is 0.846 bits per heavy atom. The van der Waals surface area contributed by atoms with E-state index < -0.39 is 0 Å². The molecule has 0 aliphatic heterocycles. The summed E-state index contributed by atoms with van der Waals surface area (Å²) in [5, 5.41) is 2.93. The van der Waals surface area contributed by atoms with E-state index in [1.54, 1.807) is 11.8 Å². The van der Waals surface area contributed by atoms with Crippen molar-refractivity contribution in [3.63, 3.8) is 0 Å². The Hall–Kier alpha value is -2.62. The first kappa shape index (κ1) is 19.7. The number of carbonyl (C=O) groups is 2. The summed E-state index contributed by atoms with van der Waals surface area (Å²) in [5.41, 5.74) is 7.18. The van der Waals surface area contributed by atoms with Crippen LogP contribution in [0.1, 0.15) is 41.2 Å². The Labute approximate surface area is 156 Å². The Balaban J connectivity index is 2.12. The molecule has 2 rings (SSSR count). The van der Waals surface area contributed by atoms with Crippen molar-refractivity contribution < 1.29 is 9.59 Å². The van der Waals surface area contributed by atoms with Gasteiger partial charge in [-0.2, -0.15) is 0 Å². The fourth-order valence-corrected chi connectivity index (χ4v) is 3.51. The third-order valence-corrected chi connectivity index (χ3v) is 4.35. The number of benzene rings is 2. The van der Waals surface area contributed by atoms with E-state index >= 15 is 0 Å². The highest BCUT2D eigenvalue weighted by Crippen LogP contribution is 2.27. The average molecular weight is 352 g/mol. The third-order valence-electron chi connectivity index (χ3n) is 4.35. The molecule has 0 atom stereocenters. The molecule has 0 unspecified atom stereocenters. The molecule has 0 aliphatic rings. The van der Waals surface area contributed by atoms with Gasteiger partial charge in [0.1, 0.15) is 0 Å². The van der Waals surface area contributed by atoms with Gasteiger partial charge in [0, 0.05) is 31.3 Å². The van der Waals surface area contributed by atoms with Crippen LogP contribution in [0.5, 0.6) is 0 Å². The second kappa shape index (κ2) is 8.17. The number of rotatable bonds is 5. The number of amides is 2. The first-order valence-electron chi connectivity index (χ1n) is 8.91. The van der Waals surface area contributed by atoms with Gasteiger partial charge in [-0.15, -0.1) is 0 Å². The average Bonchev–Trinajstić information content (AvgIpc) is 2.48. The maximum atomic E-state index is 12.4. The van der Waals surface area contributed by atoms with Gasteiger partial charge >= 0.3 is 0 Å². The van der Waals surface area contributed by atoms with Crippen LogP contribution in [-0.4, -0.2) is 18.4 Å². The van der Waals surface area contributed by atoms with Gasteiger partial charge in [0.05, 0.1) is 0 Å². The van der Waals surface area contributed by atoms with Crippen molar-refractivity contribution in [3.05, 3.63) is 58.1 Å². The molecule has 2 aromatic carbocycles. The van der Waals surface area contributed by atoms with Crippen LogP contribution in [-0.2, 0) is 9.59 Å². The number of carbonyl (C=O) groups excluding carboxylic acids is 2. The van der Waals surface area contributed by atoms with Gasteiger partial charge < -0.3 is 10.2 Å². The van der Waals surface area contributed by atoms with E-state index in [9.17, 15) is 9.59 Å². The van der Waals surface area contributed by atoms with E-state index in [2.05, 4.69) is 23.5 Å². The highest BCUT2D eigenvalue weighted by atomic mass is 16.2. The minimum Gasteiger partial charge on any atom is -0.326 e. The number of aryl methyl sites for hydroxylation is 5. The Bertz CT molecular complexity index is 797. The predicted molar refractivity (Wildman–Crippen MR) is 108 cm³/mol. The van der Waals surface area contributed by atoms with Gasteiger partial charge in [-0.05, 0) is 69.0 Å². The lowest BCUT2D eigenvalue weighted by molar-refractivity contribution is -0.117. The lowest BCUT2D eigenvalue weighted by atomic mass is 10.0. The molecule has 138 valence electrons. The summed E-state index contributed by atoms with van der Waals surface area (Å²) in [6.45, 7) is 11.9. The summed E-state index contributed by atoms with van der Waals surface area (Å²) in [5.74, 6) is -0.150. The van der Waals surface area contributed by atoms with Crippen LogP contribution < -0.4 is 10.2 Å². The second-order valence-electron chi connectivity index (χ2n) is 7.09. The van der Waals surface area contributed by atoms with E-state index in [0.29, 0.717) is 6.54 Å². The molecule has 0 saturated heterocycles. The van der Waals surface area contributed by atoms with Crippen LogP contribution in [0, 0.1) is 34.6 Å². The number of nitrogens with zero attached hydrogens (tertiary/aromatic N) is 1. The lowest BCUT2D eigenvalue weighted by Crippen LogP contribution is -2.33. The predicted octanol–water partition coefficient (Wildman–Crippen LogP) is 4.61. The number of hydrogen-bond acceptors (Lipinski definition) is 2. The minimum atomic E-state index is -0.0938. The molecular formula is C22H28N2O2. The van der Waals surface area contributed by atoms with Gasteiger partial charge in [-0.25, -0.2) is 0 Å². The summed E-state index contributed by atoms with van der Waals surface area (Å²) in [4.78, 5) is 26.3. The van der Waals surface area contributed by atoms with Crippen LogP contribution in [0.4, 0.5) is 11.4 Å². The molecule has 2 aromatic rings. The Kier molecular flexibility index (Phi) is 6.19. The molecule has 0 heterocycles. The van der Waals surface area contributed by atoms with Crippen molar-refractivity contribution in [2.45, 2.75) is 48.0 Å². The monoisotopic (exact) mass is 352 g/mol. The molecule has 2 amide bonds. The number of nitrogens with one attached hydrogen (secondary N) is 1. The smallest absolute Gasteiger partial charge is 0.226 e. The highest BCUT2D eigenvalue weighted by molar-refractivity contribution is 5.96. The van der Waals surface area contributed by atoms with Crippen molar-refractivity contribution in [1.29, 1.82) is 0 Å². The molecule has 0 fully saturated rings. The third kappa shape index (κ3) is 4.94. The van der Waals surface area contributed by atoms with E-state index in [1.165, 1.54) is 5.56 Å². The molecular weight excluding hydrogens is 324 g/mol. The first-order valence-corrected chi connectivity index (χ1v) is 8.91. The fourth-order valence-electron chi connectivity index (χ4n) is 3.51. The van der Waals surface area contributed by atoms with E-state index in [0.717, 1.165) is 33.6 Å². The van der Waals surface area contributed by atoms with Crippen LogP contribution in [0.3, 0.4) is 0 Å². The number of hydrogen-bond donors (Lipinski definition) is 1. The highest BCUT2D eigenvalue weighted by Gasteiger charge is 2.18. The molecule has 4 heteroatoms. The fraction of sp³-hybridized carbons (Fsp3) is 0.364. The summed E-state index contributed by atoms with van der Waals surface area (Å²) >= 11 is 0. The van der Waals surface area contributed by atoms with Crippen LogP contribution in [0.2, 0.25) is 0 Å². The van der Waals surface area contributed by atoms with E-state index in [-0.39, 0.29) is 18.2 Å². The summed E-state index contributed by atoms with van der Waals surface area (Å²) in [7, 11) is 0. The van der Waals surface area contributed by atoms with Crippen LogP contribution in [0.15, 0.2) is 30.3 Å². The number of anilines is 2. The van der Waals surface area contributed by atoms with Gasteiger partial charge in [0.25, 0.3) is 0 Å². The van der Waals surface area contributed by atoms with Gasteiger partial charge in [-0.3, -0.25) is 9.59 Å². The van der Waals surface area contributed by atoms with Gasteiger partial charge in [-0.1, -0.05) is 23.8 Å². The Morgan fingerprint density at radius 3 is 1.85 bits per heavy atom. The Morgan fingerprint density at radius 2 is 1.35 bits per heavy atom.